The number of aryl methyl sites for hydroxylation is 2. The molecule has 6 nitrogen and oxygen atoms in total. The van der Waals surface area contributed by atoms with Gasteiger partial charge in [0.2, 0.25) is 0 Å². The number of carbonyl (C=O) groups is 1. The number of nitrogens with one attached hydrogen (secondary N) is 1. The van der Waals surface area contributed by atoms with Crippen LogP contribution < -0.4 is 5.32 Å². The van der Waals surface area contributed by atoms with Crippen LogP contribution in [0.5, 0.6) is 0 Å². The van der Waals surface area contributed by atoms with Crippen LogP contribution in [0.1, 0.15) is 41.0 Å². The largest absolute Gasteiger partial charge is 0.322 e. The molecule has 1 aliphatic rings. The summed E-state index contributed by atoms with van der Waals surface area (Å²) in [7, 11) is 0. The first-order chi connectivity index (χ1) is 19.1. The molecule has 0 radical (unpaired) electrons. The summed E-state index contributed by atoms with van der Waals surface area (Å²) in [6, 6.07) is 30.4. The third-order valence-corrected chi connectivity index (χ3v) is 8.00. The van der Waals surface area contributed by atoms with Gasteiger partial charge in [-0.1, -0.05) is 61.0 Å². The predicted molar refractivity (Wildman–Crippen MR) is 158 cm³/mol. The van der Waals surface area contributed by atoms with E-state index < -0.39 is 0 Å². The van der Waals surface area contributed by atoms with Crippen LogP contribution in [0.25, 0.3) is 11.5 Å². The summed E-state index contributed by atoms with van der Waals surface area (Å²) in [5.74, 6) is 0.981. The molecule has 0 saturated heterocycles. The summed E-state index contributed by atoms with van der Waals surface area (Å²) in [4.78, 5) is 17.2. The molecule has 196 valence electrons. The number of carbonyl (C=O) groups excluding carboxylic acids is 1. The van der Waals surface area contributed by atoms with E-state index in [9.17, 15) is 4.79 Å². The minimum atomic E-state index is -0.286. The van der Waals surface area contributed by atoms with Crippen molar-refractivity contribution in [3.05, 3.63) is 125 Å². The molecule has 0 saturated carbocycles. The van der Waals surface area contributed by atoms with E-state index in [-0.39, 0.29) is 12.1 Å². The zero-order valence-electron chi connectivity index (χ0n) is 22.3. The molecule has 1 atom stereocenters. The molecule has 0 aliphatic carbocycles. The van der Waals surface area contributed by atoms with Gasteiger partial charge in [0.25, 0.3) is 0 Å². The van der Waals surface area contributed by atoms with Gasteiger partial charge in [-0.25, -0.2) is 9.48 Å². The number of anilines is 1. The molecule has 1 N–H and O–H groups in total. The quantitative estimate of drug-likeness (QED) is 0.240. The number of aromatic nitrogens is 3. The van der Waals surface area contributed by atoms with Gasteiger partial charge < -0.3 is 14.8 Å². The second kappa shape index (κ2) is 10.5. The van der Waals surface area contributed by atoms with Crippen molar-refractivity contribution < 1.29 is 4.79 Å². The lowest BCUT2D eigenvalue weighted by atomic mass is 10.0. The number of hydrogen-bond acceptors (Lipinski definition) is 3. The Bertz CT molecular complexity index is 1620. The zero-order chi connectivity index (χ0) is 26.9. The van der Waals surface area contributed by atoms with Crippen molar-refractivity contribution in [2.24, 2.45) is 0 Å². The Balaban J connectivity index is 1.53. The molecule has 3 heterocycles. The fraction of sp³-hybridized carbons (Fsp3) is 0.188. The lowest BCUT2D eigenvalue weighted by Crippen LogP contribution is -2.38. The van der Waals surface area contributed by atoms with E-state index in [1.807, 2.05) is 58.3 Å². The van der Waals surface area contributed by atoms with E-state index >= 15 is 0 Å². The molecular formula is C32H31N5OS. The summed E-state index contributed by atoms with van der Waals surface area (Å²) in [6.07, 6.45) is 4.88. The Morgan fingerprint density at radius 1 is 1.00 bits per heavy atom. The van der Waals surface area contributed by atoms with Crippen LogP contribution >= 0.6 is 11.8 Å². The first-order valence-corrected chi connectivity index (χ1v) is 14.4. The molecule has 39 heavy (non-hydrogen) atoms. The van der Waals surface area contributed by atoms with Gasteiger partial charge in [0.15, 0.2) is 0 Å². The van der Waals surface area contributed by atoms with Gasteiger partial charge in [-0.2, -0.15) is 5.10 Å². The van der Waals surface area contributed by atoms with E-state index in [1.54, 1.807) is 11.8 Å². The smallest absolute Gasteiger partial charge is 0.308 e. The van der Waals surface area contributed by atoms with Crippen molar-refractivity contribution in [2.75, 3.05) is 11.6 Å². The highest BCUT2D eigenvalue weighted by Gasteiger charge is 2.36. The Morgan fingerprint density at radius 2 is 1.79 bits per heavy atom. The summed E-state index contributed by atoms with van der Waals surface area (Å²) in [6.45, 7) is 4.63. The molecule has 2 amide bonds. The molecule has 5 aromatic rings. The average Bonchev–Trinajstić information content (AvgIpc) is 3.55. The van der Waals surface area contributed by atoms with E-state index in [1.165, 1.54) is 5.56 Å². The predicted octanol–water partition coefficient (Wildman–Crippen LogP) is 7.39. The van der Waals surface area contributed by atoms with Crippen LogP contribution in [0.3, 0.4) is 0 Å². The van der Waals surface area contributed by atoms with E-state index in [2.05, 4.69) is 78.5 Å². The molecule has 3 aromatic carbocycles. The van der Waals surface area contributed by atoms with Gasteiger partial charge in [-0.15, -0.1) is 11.8 Å². The molecule has 6 rings (SSSR count). The second-order valence-electron chi connectivity index (χ2n) is 9.76. The fourth-order valence-electron chi connectivity index (χ4n) is 5.34. The minimum absolute atomic E-state index is 0.144. The maximum atomic E-state index is 14.2. The Morgan fingerprint density at radius 3 is 2.54 bits per heavy atom. The molecule has 2 aromatic heterocycles. The van der Waals surface area contributed by atoms with Crippen molar-refractivity contribution in [3.8, 4) is 11.5 Å². The lowest BCUT2D eigenvalue weighted by Gasteiger charge is -2.31. The number of fused-ring (bicyclic) bond motifs is 3. The first kappa shape index (κ1) is 25.1. The number of thioether (sulfide) groups is 1. The SMILES string of the molecule is CCc1nn(-c2ccccc2)c2c1CN(C(=O)Nc1cccc(SC)c1)[C@@H](c1ccc(C)cc1)c1cccn1-2. The van der Waals surface area contributed by atoms with E-state index in [4.69, 9.17) is 5.10 Å². The van der Waals surface area contributed by atoms with Crippen LogP contribution in [0.4, 0.5) is 10.5 Å². The summed E-state index contributed by atoms with van der Waals surface area (Å²) in [5, 5.41) is 8.24. The third kappa shape index (κ3) is 4.63. The minimum Gasteiger partial charge on any atom is -0.308 e. The maximum absolute atomic E-state index is 14.2. The Hall–Kier alpha value is -4.23. The zero-order valence-corrected chi connectivity index (χ0v) is 23.2. The summed E-state index contributed by atoms with van der Waals surface area (Å²) >= 11 is 1.66. The maximum Gasteiger partial charge on any atom is 0.322 e. The third-order valence-electron chi connectivity index (χ3n) is 7.28. The molecule has 0 bridgehead atoms. The average molecular weight is 534 g/mol. The second-order valence-corrected chi connectivity index (χ2v) is 10.6. The van der Waals surface area contributed by atoms with Crippen LogP contribution in [-0.2, 0) is 13.0 Å². The fourth-order valence-corrected chi connectivity index (χ4v) is 5.80. The van der Waals surface area contributed by atoms with Gasteiger partial charge in [0.1, 0.15) is 5.82 Å². The monoisotopic (exact) mass is 533 g/mol. The number of para-hydroxylation sites is 1. The Labute approximate surface area is 233 Å². The Kier molecular flexibility index (Phi) is 6.75. The number of hydrogen-bond donors (Lipinski definition) is 1. The normalized spacial score (nSPS) is 14.4. The van der Waals surface area contributed by atoms with Gasteiger partial charge >= 0.3 is 6.03 Å². The van der Waals surface area contributed by atoms with Crippen molar-refractivity contribution in [3.63, 3.8) is 0 Å². The van der Waals surface area contributed by atoms with Gasteiger partial charge in [-0.3, -0.25) is 0 Å². The molecule has 0 spiro atoms. The lowest BCUT2D eigenvalue weighted by molar-refractivity contribution is 0.194. The molecule has 7 heteroatoms. The summed E-state index contributed by atoms with van der Waals surface area (Å²) in [5.41, 5.74) is 7.09. The van der Waals surface area contributed by atoms with Crippen molar-refractivity contribution in [1.82, 2.24) is 19.2 Å². The number of nitrogens with zero attached hydrogens (tertiary/aromatic N) is 4. The standard InChI is InChI=1S/C32H31N5OS/c1-4-28-27-21-36(32(38)33-24-10-8-13-26(20-24)39-3)30(23-17-15-22(2)16-18-23)29-14-9-19-35(29)31(27)37(34-28)25-11-6-5-7-12-25/h5-20,30H,4,21H2,1-3H3,(H,33,38)/t30-/m0/s1. The number of amides is 2. The van der Waals surface area contributed by atoms with Gasteiger partial charge in [0, 0.05) is 22.3 Å². The van der Waals surface area contributed by atoms with Crippen molar-refractivity contribution in [1.29, 1.82) is 0 Å². The van der Waals surface area contributed by atoms with Crippen molar-refractivity contribution in [2.45, 2.75) is 37.8 Å². The van der Waals surface area contributed by atoms with Crippen LogP contribution in [0.2, 0.25) is 0 Å². The first-order valence-electron chi connectivity index (χ1n) is 13.2. The number of rotatable bonds is 5. The van der Waals surface area contributed by atoms with Crippen molar-refractivity contribution >= 4 is 23.5 Å². The molecule has 0 unspecified atom stereocenters. The topological polar surface area (TPSA) is 55.1 Å². The highest BCUT2D eigenvalue weighted by Crippen LogP contribution is 2.39. The molecular weight excluding hydrogens is 502 g/mol. The van der Waals surface area contributed by atoms with Crippen LogP contribution in [-0.4, -0.2) is 31.5 Å². The number of urea groups is 1. The van der Waals surface area contributed by atoms with E-state index in [0.29, 0.717) is 6.54 Å². The van der Waals surface area contributed by atoms with Gasteiger partial charge in [-0.05, 0) is 67.6 Å². The van der Waals surface area contributed by atoms with Crippen LogP contribution in [0, 0.1) is 6.92 Å². The number of benzene rings is 3. The van der Waals surface area contributed by atoms with Gasteiger partial charge in [0.05, 0.1) is 29.7 Å². The summed E-state index contributed by atoms with van der Waals surface area (Å²) < 4.78 is 4.23. The molecule has 0 fully saturated rings. The molecule has 1 aliphatic heterocycles. The highest BCUT2D eigenvalue weighted by molar-refractivity contribution is 7.98. The highest BCUT2D eigenvalue weighted by atomic mass is 32.2. The van der Waals surface area contributed by atoms with E-state index in [0.717, 1.165) is 51.0 Å². The van der Waals surface area contributed by atoms with Crippen LogP contribution in [0.15, 0.2) is 102 Å².